The number of piperidine rings is 1. The maximum Gasteiger partial charge on any atom is 0.323 e. The maximum atomic E-state index is 12.8. The molecule has 0 bridgehead atoms. The summed E-state index contributed by atoms with van der Waals surface area (Å²) in [4.78, 5) is 12.4. The molecule has 1 saturated heterocycles. The lowest BCUT2D eigenvalue weighted by molar-refractivity contribution is 0.262. The Morgan fingerprint density at radius 3 is 2.44 bits per heavy atom. The van der Waals surface area contributed by atoms with Crippen molar-refractivity contribution in [3.05, 3.63) is 54.1 Å². The lowest BCUT2D eigenvalue weighted by Gasteiger charge is -2.30. The van der Waals surface area contributed by atoms with Gasteiger partial charge in [0, 0.05) is 24.5 Å². The number of benzene rings is 2. The zero-order valence-electron chi connectivity index (χ0n) is 15.6. The summed E-state index contributed by atoms with van der Waals surface area (Å²) < 4.78 is 27.1. The van der Waals surface area contributed by atoms with Crippen LogP contribution in [0.1, 0.15) is 25.3 Å². The summed E-state index contributed by atoms with van der Waals surface area (Å²) in [7, 11) is -3.49. The Morgan fingerprint density at radius 1 is 1.07 bits per heavy atom. The Bertz CT molecular complexity index is 910. The van der Waals surface area contributed by atoms with Crippen LogP contribution in [0, 0.1) is 12.8 Å². The molecule has 0 radical (unpaired) electrons. The highest BCUT2D eigenvalue weighted by Gasteiger charge is 2.28. The number of urea groups is 1. The number of rotatable bonds is 4. The minimum atomic E-state index is -3.49. The van der Waals surface area contributed by atoms with Crippen LogP contribution in [0.2, 0.25) is 0 Å². The monoisotopic (exact) mass is 387 g/mol. The van der Waals surface area contributed by atoms with Gasteiger partial charge in [0.25, 0.3) is 0 Å². The van der Waals surface area contributed by atoms with Crippen molar-refractivity contribution < 1.29 is 13.2 Å². The number of carbonyl (C=O) groups is 1. The van der Waals surface area contributed by atoms with Crippen LogP contribution in [-0.4, -0.2) is 31.8 Å². The summed E-state index contributed by atoms with van der Waals surface area (Å²) in [5.74, 6) is 0.375. The quantitative estimate of drug-likeness (QED) is 0.830. The van der Waals surface area contributed by atoms with Gasteiger partial charge in [0.1, 0.15) is 0 Å². The number of hydrogen-bond acceptors (Lipinski definition) is 3. The molecule has 144 valence electrons. The number of nitrogens with one attached hydrogen (secondary N) is 2. The number of hydrogen-bond donors (Lipinski definition) is 2. The molecule has 1 aliphatic rings. The molecular formula is C20H25N3O3S. The number of anilines is 2. The number of aryl methyl sites for hydroxylation is 1. The standard InChI is InChI=1S/C20H25N3O3S/c1-15-6-5-13-23(14-15)27(25,26)18-11-9-17(10-12-18)21-20(24)22-19-8-4-3-7-16(19)2/h3-4,7-12,15H,5-6,13-14H2,1-2H3,(H2,21,22,24)/t15-/m0/s1. The second-order valence-electron chi connectivity index (χ2n) is 7.03. The minimum Gasteiger partial charge on any atom is -0.308 e. The second-order valence-corrected chi connectivity index (χ2v) is 8.97. The molecule has 1 fully saturated rings. The minimum absolute atomic E-state index is 0.251. The van der Waals surface area contributed by atoms with Gasteiger partial charge in [0.2, 0.25) is 10.0 Å². The zero-order valence-corrected chi connectivity index (χ0v) is 16.4. The molecule has 0 spiro atoms. The third-order valence-electron chi connectivity index (χ3n) is 4.76. The highest BCUT2D eigenvalue weighted by molar-refractivity contribution is 7.89. The summed E-state index contributed by atoms with van der Waals surface area (Å²) in [6.07, 6.45) is 1.95. The van der Waals surface area contributed by atoms with Gasteiger partial charge in [-0.15, -0.1) is 0 Å². The fourth-order valence-corrected chi connectivity index (χ4v) is 4.82. The summed E-state index contributed by atoms with van der Waals surface area (Å²) in [6.45, 7) is 5.10. The molecule has 1 atom stereocenters. The molecule has 1 aliphatic heterocycles. The molecule has 0 aliphatic carbocycles. The van der Waals surface area contributed by atoms with Gasteiger partial charge in [-0.1, -0.05) is 25.1 Å². The summed E-state index contributed by atoms with van der Waals surface area (Å²) in [6, 6.07) is 13.4. The third-order valence-corrected chi connectivity index (χ3v) is 6.64. The van der Waals surface area contributed by atoms with E-state index in [-0.39, 0.29) is 10.9 Å². The van der Waals surface area contributed by atoms with Crippen LogP contribution in [0.5, 0.6) is 0 Å². The summed E-state index contributed by atoms with van der Waals surface area (Å²) >= 11 is 0. The number of carbonyl (C=O) groups excluding carboxylic acids is 1. The average Bonchev–Trinajstić information content (AvgIpc) is 2.64. The van der Waals surface area contributed by atoms with Gasteiger partial charge < -0.3 is 10.6 Å². The van der Waals surface area contributed by atoms with Gasteiger partial charge >= 0.3 is 6.03 Å². The van der Waals surface area contributed by atoms with Crippen LogP contribution in [0.3, 0.4) is 0 Å². The zero-order chi connectivity index (χ0) is 19.4. The van der Waals surface area contributed by atoms with E-state index >= 15 is 0 Å². The van der Waals surface area contributed by atoms with Crippen LogP contribution >= 0.6 is 0 Å². The van der Waals surface area contributed by atoms with E-state index in [1.165, 1.54) is 12.1 Å². The van der Waals surface area contributed by atoms with E-state index in [0.717, 1.165) is 24.1 Å². The average molecular weight is 388 g/mol. The number of sulfonamides is 1. The predicted octanol–water partition coefficient (Wildman–Crippen LogP) is 4.06. The SMILES string of the molecule is Cc1ccccc1NC(=O)Nc1ccc(S(=O)(=O)N2CCC[C@H](C)C2)cc1. The topological polar surface area (TPSA) is 78.5 Å². The smallest absolute Gasteiger partial charge is 0.308 e. The highest BCUT2D eigenvalue weighted by atomic mass is 32.2. The van der Waals surface area contributed by atoms with Crippen molar-refractivity contribution in [3.8, 4) is 0 Å². The predicted molar refractivity (Wildman–Crippen MR) is 107 cm³/mol. The molecule has 2 aromatic carbocycles. The normalized spacial score (nSPS) is 18.1. The first kappa shape index (κ1) is 19.4. The molecular weight excluding hydrogens is 362 g/mol. The first-order valence-electron chi connectivity index (χ1n) is 9.10. The molecule has 1 heterocycles. The first-order chi connectivity index (χ1) is 12.9. The molecule has 3 rings (SSSR count). The molecule has 2 aromatic rings. The van der Waals surface area contributed by atoms with Crippen molar-refractivity contribution in [1.29, 1.82) is 0 Å². The van der Waals surface area contributed by atoms with Crippen LogP contribution < -0.4 is 10.6 Å². The second kappa shape index (κ2) is 8.10. The van der Waals surface area contributed by atoms with Crippen molar-refractivity contribution >= 4 is 27.4 Å². The Morgan fingerprint density at radius 2 is 1.78 bits per heavy atom. The van der Waals surface area contributed by atoms with E-state index in [1.807, 2.05) is 31.2 Å². The van der Waals surface area contributed by atoms with Crippen molar-refractivity contribution in [2.24, 2.45) is 5.92 Å². The van der Waals surface area contributed by atoms with Crippen LogP contribution in [0.15, 0.2) is 53.4 Å². The van der Waals surface area contributed by atoms with E-state index in [4.69, 9.17) is 0 Å². The lowest BCUT2D eigenvalue weighted by atomic mass is 10.0. The van der Waals surface area contributed by atoms with Crippen LogP contribution in [0.4, 0.5) is 16.2 Å². The van der Waals surface area contributed by atoms with Gasteiger partial charge in [-0.3, -0.25) is 0 Å². The van der Waals surface area contributed by atoms with Gasteiger partial charge in [-0.2, -0.15) is 4.31 Å². The number of para-hydroxylation sites is 1. The van der Waals surface area contributed by atoms with E-state index in [9.17, 15) is 13.2 Å². The van der Waals surface area contributed by atoms with Crippen molar-refractivity contribution in [2.75, 3.05) is 23.7 Å². The molecule has 2 amide bonds. The molecule has 0 aromatic heterocycles. The van der Waals surface area contributed by atoms with Crippen molar-refractivity contribution in [3.63, 3.8) is 0 Å². The Balaban J connectivity index is 1.66. The summed E-state index contributed by atoms with van der Waals surface area (Å²) in [5.41, 5.74) is 2.23. The Kier molecular flexibility index (Phi) is 5.82. The third kappa shape index (κ3) is 4.67. The van der Waals surface area contributed by atoms with Gasteiger partial charge in [-0.25, -0.2) is 13.2 Å². The molecule has 6 nitrogen and oxygen atoms in total. The maximum absolute atomic E-state index is 12.8. The van der Waals surface area contributed by atoms with Gasteiger partial charge in [0.05, 0.1) is 4.90 Å². The van der Waals surface area contributed by atoms with E-state index in [0.29, 0.717) is 24.7 Å². The molecule has 2 N–H and O–H groups in total. The molecule has 7 heteroatoms. The fourth-order valence-electron chi connectivity index (χ4n) is 3.22. The van der Waals surface area contributed by atoms with E-state index in [2.05, 4.69) is 17.6 Å². The van der Waals surface area contributed by atoms with E-state index in [1.54, 1.807) is 16.4 Å². The van der Waals surface area contributed by atoms with Crippen LogP contribution in [0.25, 0.3) is 0 Å². The number of amides is 2. The number of nitrogens with zero attached hydrogens (tertiary/aromatic N) is 1. The summed E-state index contributed by atoms with van der Waals surface area (Å²) in [5, 5.41) is 5.51. The first-order valence-corrected chi connectivity index (χ1v) is 10.5. The largest absolute Gasteiger partial charge is 0.323 e. The van der Waals surface area contributed by atoms with Crippen molar-refractivity contribution in [1.82, 2.24) is 4.31 Å². The molecule has 0 unspecified atom stereocenters. The fraction of sp³-hybridized carbons (Fsp3) is 0.350. The van der Waals surface area contributed by atoms with E-state index < -0.39 is 10.0 Å². The molecule has 27 heavy (non-hydrogen) atoms. The van der Waals surface area contributed by atoms with Crippen molar-refractivity contribution in [2.45, 2.75) is 31.6 Å². The Hall–Kier alpha value is -2.38. The highest BCUT2D eigenvalue weighted by Crippen LogP contribution is 2.24. The lowest BCUT2D eigenvalue weighted by Crippen LogP contribution is -2.39. The van der Waals surface area contributed by atoms with Gasteiger partial charge in [0.15, 0.2) is 0 Å². The van der Waals surface area contributed by atoms with Crippen LogP contribution in [-0.2, 0) is 10.0 Å². The van der Waals surface area contributed by atoms with Gasteiger partial charge in [-0.05, 0) is 61.6 Å². The Labute approximate surface area is 160 Å². The molecule has 0 saturated carbocycles.